The quantitative estimate of drug-likeness (QED) is 0.274. The highest BCUT2D eigenvalue weighted by molar-refractivity contribution is 5.95. The Labute approximate surface area is 170 Å². The zero-order valence-corrected chi connectivity index (χ0v) is 16.2. The number of anilines is 1. The van der Waals surface area contributed by atoms with Gasteiger partial charge in [0.25, 0.3) is 5.91 Å². The molecule has 0 atom stereocenters. The molecule has 1 aromatic carbocycles. The van der Waals surface area contributed by atoms with Crippen molar-refractivity contribution in [2.24, 2.45) is 0 Å². The molecule has 0 aliphatic heterocycles. The minimum Gasteiger partial charge on any atom is -0.452 e. The van der Waals surface area contributed by atoms with Crippen LogP contribution in [0.2, 0.25) is 0 Å². The number of nitrogens with one attached hydrogen (secondary N) is 1. The summed E-state index contributed by atoms with van der Waals surface area (Å²) in [6, 6.07) is 12.0. The first-order valence-corrected chi connectivity index (χ1v) is 8.85. The highest BCUT2D eigenvalue weighted by Gasteiger charge is 2.16. The van der Waals surface area contributed by atoms with Crippen LogP contribution in [-0.4, -0.2) is 33.2 Å². The van der Waals surface area contributed by atoms with E-state index in [0.717, 1.165) is 17.5 Å². The maximum Gasteiger partial charge on any atom is 0.433 e. The fourth-order valence-corrected chi connectivity index (χ4v) is 2.68. The number of ether oxygens (including phenoxy) is 1. The predicted molar refractivity (Wildman–Crippen MR) is 107 cm³/mol. The first-order valence-electron chi connectivity index (χ1n) is 8.85. The number of furan rings is 1. The lowest BCUT2D eigenvalue weighted by molar-refractivity contribution is -0.402. The number of benzene rings is 1. The minimum atomic E-state index is -0.794. The van der Waals surface area contributed by atoms with Gasteiger partial charge in [0.05, 0.1) is 28.8 Å². The molecule has 1 N–H and O–H groups in total. The number of hydrogen-bond donors (Lipinski definition) is 1. The zero-order valence-electron chi connectivity index (χ0n) is 16.2. The molecule has 0 radical (unpaired) electrons. The normalized spacial score (nSPS) is 10.9. The number of esters is 1. The molecule has 0 aliphatic rings. The van der Waals surface area contributed by atoms with Crippen LogP contribution >= 0.6 is 0 Å². The number of nitro groups is 1. The van der Waals surface area contributed by atoms with Gasteiger partial charge in [-0.15, -0.1) is 0 Å². The second-order valence-electron chi connectivity index (χ2n) is 6.22. The fourth-order valence-electron chi connectivity index (χ4n) is 2.68. The number of nitrogens with zero attached hydrogens (tertiary/aromatic N) is 3. The third-order valence-corrected chi connectivity index (χ3v) is 4.08. The lowest BCUT2D eigenvalue weighted by Crippen LogP contribution is -2.20. The van der Waals surface area contributed by atoms with Crippen molar-refractivity contribution in [1.29, 1.82) is 0 Å². The Kier molecular flexibility index (Phi) is 6.06. The number of amides is 1. The van der Waals surface area contributed by atoms with Gasteiger partial charge < -0.3 is 14.5 Å². The Morgan fingerprint density at radius 1 is 1.23 bits per heavy atom. The standard InChI is InChI=1S/C20H18N4O6/c1-13-20(14(2)23(22-13)15-6-4-3-5-7-15)21-17(25)12-29-19(26)11-9-16-8-10-18(30-16)24(27)28/h3-11H,12H2,1-2H3,(H,21,25)/b11-9+. The molecule has 0 saturated heterocycles. The van der Waals surface area contributed by atoms with Crippen LogP contribution in [0.3, 0.4) is 0 Å². The number of aromatic nitrogens is 2. The minimum absolute atomic E-state index is 0.114. The van der Waals surface area contributed by atoms with E-state index in [1.165, 1.54) is 18.2 Å². The molecule has 0 unspecified atom stereocenters. The van der Waals surface area contributed by atoms with E-state index in [1.54, 1.807) is 11.6 Å². The molecule has 0 saturated carbocycles. The zero-order chi connectivity index (χ0) is 21.7. The smallest absolute Gasteiger partial charge is 0.433 e. The van der Waals surface area contributed by atoms with Crippen molar-refractivity contribution in [1.82, 2.24) is 9.78 Å². The molecule has 0 fully saturated rings. The van der Waals surface area contributed by atoms with Gasteiger partial charge in [0.2, 0.25) is 0 Å². The lowest BCUT2D eigenvalue weighted by atomic mass is 10.3. The summed E-state index contributed by atoms with van der Waals surface area (Å²) >= 11 is 0. The number of carbonyl (C=O) groups excluding carboxylic acids is 2. The summed E-state index contributed by atoms with van der Waals surface area (Å²) in [4.78, 5) is 33.8. The van der Waals surface area contributed by atoms with Crippen LogP contribution in [0.4, 0.5) is 11.6 Å². The molecule has 10 nitrogen and oxygen atoms in total. The highest BCUT2D eigenvalue weighted by atomic mass is 16.6. The Morgan fingerprint density at radius 3 is 2.63 bits per heavy atom. The summed E-state index contributed by atoms with van der Waals surface area (Å²) < 4.78 is 11.5. The Bertz CT molecular complexity index is 1110. The molecule has 3 rings (SSSR count). The van der Waals surface area contributed by atoms with Crippen molar-refractivity contribution >= 4 is 29.5 Å². The molecule has 30 heavy (non-hydrogen) atoms. The van der Waals surface area contributed by atoms with Crippen LogP contribution in [0.1, 0.15) is 17.1 Å². The van der Waals surface area contributed by atoms with E-state index >= 15 is 0 Å². The van der Waals surface area contributed by atoms with E-state index in [1.807, 2.05) is 37.3 Å². The summed E-state index contributed by atoms with van der Waals surface area (Å²) in [5.41, 5.74) is 2.75. The van der Waals surface area contributed by atoms with Crippen LogP contribution < -0.4 is 5.32 Å². The monoisotopic (exact) mass is 410 g/mol. The topological polar surface area (TPSA) is 130 Å². The second kappa shape index (κ2) is 8.86. The van der Waals surface area contributed by atoms with E-state index in [2.05, 4.69) is 10.4 Å². The molecular weight excluding hydrogens is 392 g/mol. The summed E-state index contributed by atoms with van der Waals surface area (Å²) in [5, 5.41) is 17.7. The van der Waals surface area contributed by atoms with E-state index in [9.17, 15) is 19.7 Å². The van der Waals surface area contributed by atoms with Crippen molar-refractivity contribution in [3.8, 4) is 5.69 Å². The fraction of sp³-hybridized carbons (Fsp3) is 0.150. The van der Waals surface area contributed by atoms with Gasteiger partial charge >= 0.3 is 11.9 Å². The SMILES string of the molecule is Cc1nn(-c2ccccc2)c(C)c1NC(=O)COC(=O)/C=C/c1ccc([N+](=O)[O-])o1. The molecule has 2 aromatic heterocycles. The number of hydrogen-bond acceptors (Lipinski definition) is 7. The van der Waals surface area contributed by atoms with Gasteiger partial charge in [0.1, 0.15) is 10.7 Å². The second-order valence-corrected chi connectivity index (χ2v) is 6.22. The van der Waals surface area contributed by atoms with E-state index in [4.69, 9.17) is 9.15 Å². The molecule has 0 aliphatic carbocycles. The van der Waals surface area contributed by atoms with Crippen molar-refractivity contribution < 1.29 is 23.7 Å². The van der Waals surface area contributed by atoms with Crippen molar-refractivity contribution in [2.45, 2.75) is 13.8 Å². The molecule has 0 spiro atoms. The van der Waals surface area contributed by atoms with Crippen molar-refractivity contribution in [3.05, 3.63) is 75.8 Å². The Balaban J connectivity index is 1.57. The molecule has 2 heterocycles. The number of aryl methyl sites for hydroxylation is 1. The van der Waals surface area contributed by atoms with Gasteiger partial charge in [-0.2, -0.15) is 5.10 Å². The Hall–Kier alpha value is -4.21. The van der Waals surface area contributed by atoms with E-state index < -0.39 is 29.3 Å². The molecule has 0 bridgehead atoms. The van der Waals surface area contributed by atoms with Crippen LogP contribution in [0.25, 0.3) is 11.8 Å². The van der Waals surface area contributed by atoms with Crippen molar-refractivity contribution in [2.75, 3.05) is 11.9 Å². The number of rotatable bonds is 7. The average Bonchev–Trinajstić information content (AvgIpc) is 3.32. The molecular formula is C20H18N4O6. The molecule has 10 heteroatoms. The largest absolute Gasteiger partial charge is 0.452 e. The van der Waals surface area contributed by atoms with Crippen LogP contribution in [0, 0.1) is 24.0 Å². The Morgan fingerprint density at radius 2 is 1.97 bits per heavy atom. The van der Waals surface area contributed by atoms with Crippen LogP contribution in [0.5, 0.6) is 0 Å². The van der Waals surface area contributed by atoms with Gasteiger partial charge in [-0.25, -0.2) is 9.48 Å². The van der Waals surface area contributed by atoms with E-state index in [0.29, 0.717) is 11.4 Å². The summed E-state index contributed by atoms with van der Waals surface area (Å²) in [6.07, 6.45) is 2.23. The highest BCUT2D eigenvalue weighted by Crippen LogP contribution is 2.22. The third kappa shape index (κ3) is 4.79. The molecule has 1 amide bonds. The lowest BCUT2D eigenvalue weighted by Gasteiger charge is -2.07. The predicted octanol–water partition coefficient (Wildman–Crippen LogP) is 3.19. The molecule has 154 valence electrons. The van der Waals surface area contributed by atoms with Crippen molar-refractivity contribution in [3.63, 3.8) is 0 Å². The summed E-state index contributed by atoms with van der Waals surface area (Å²) in [7, 11) is 0. The number of para-hydroxylation sites is 1. The molecule has 3 aromatic rings. The van der Waals surface area contributed by atoms with Gasteiger partial charge in [-0.3, -0.25) is 14.9 Å². The van der Waals surface area contributed by atoms with Gasteiger partial charge in [0, 0.05) is 6.08 Å². The third-order valence-electron chi connectivity index (χ3n) is 4.08. The summed E-state index contributed by atoms with van der Waals surface area (Å²) in [5.74, 6) is -1.64. The maximum absolute atomic E-state index is 12.2. The average molecular weight is 410 g/mol. The van der Waals surface area contributed by atoms with Gasteiger partial charge in [-0.05, 0) is 38.1 Å². The van der Waals surface area contributed by atoms with Gasteiger partial charge in [-0.1, -0.05) is 18.2 Å². The first-order chi connectivity index (χ1) is 14.3. The van der Waals surface area contributed by atoms with Crippen LogP contribution in [-0.2, 0) is 14.3 Å². The van der Waals surface area contributed by atoms with Crippen LogP contribution in [0.15, 0.2) is 53.0 Å². The number of carbonyl (C=O) groups is 2. The first kappa shape index (κ1) is 20.5. The van der Waals surface area contributed by atoms with Gasteiger partial charge in [0.15, 0.2) is 6.61 Å². The van der Waals surface area contributed by atoms with E-state index in [-0.39, 0.29) is 5.76 Å². The summed E-state index contributed by atoms with van der Waals surface area (Å²) in [6.45, 7) is 3.08. The maximum atomic E-state index is 12.2.